The molecule has 1 saturated carbocycles. The third-order valence-corrected chi connectivity index (χ3v) is 5.34. The fourth-order valence-electron chi connectivity index (χ4n) is 3.89. The van der Waals surface area contributed by atoms with E-state index in [4.69, 9.17) is 9.47 Å². The molecule has 140 valence electrons. The van der Waals surface area contributed by atoms with Gasteiger partial charge in [-0.1, -0.05) is 31.4 Å². The van der Waals surface area contributed by atoms with E-state index in [1.54, 1.807) is 7.11 Å². The predicted octanol–water partition coefficient (Wildman–Crippen LogP) is 2.53. The first-order valence-electron chi connectivity index (χ1n) is 9.66. The van der Waals surface area contributed by atoms with Crippen LogP contribution in [0.25, 0.3) is 0 Å². The first kappa shape index (κ1) is 18.5. The number of piperazine rings is 1. The molecule has 5 nitrogen and oxygen atoms in total. The second-order valence-electron chi connectivity index (χ2n) is 7.21. The summed E-state index contributed by atoms with van der Waals surface area (Å²) in [7, 11) is 1.72. The maximum Gasteiger partial charge on any atom is 0.142 e. The lowest BCUT2D eigenvalue weighted by Gasteiger charge is -2.37. The van der Waals surface area contributed by atoms with Crippen LogP contribution in [-0.4, -0.2) is 68.7 Å². The number of hydrogen-bond acceptors (Lipinski definition) is 5. The van der Waals surface area contributed by atoms with E-state index in [-0.39, 0.29) is 6.10 Å². The van der Waals surface area contributed by atoms with Gasteiger partial charge >= 0.3 is 0 Å². The minimum atomic E-state index is -0.389. The molecular weight excluding hydrogens is 316 g/mol. The molecule has 1 heterocycles. The molecule has 25 heavy (non-hydrogen) atoms. The summed E-state index contributed by atoms with van der Waals surface area (Å²) in [5.74, 6) is 0.928. The molecule has 1 aromatic rings. The zero-order chi connectivity index (χ0) is 17.5. The summed E-state index contributed by atoms with van der Waals surface area (Å²) in [6.07, 6.45) is 6.16. The minimum absolute atomic E-state index is 0.366. The molecule has 5 heteroatoms. The maximum absolute atomic E-state index is 10.3. The largest absolute Gasteiger partial charge is 0.495 e. The molecule has 0 bridgehead atoms. The Kier molecular flexibility index (Phi) is 6.96. The van der Waals surface area contributed by atoms with Crippen LogP contribution in [0.1, 0.15) is 32.1 Å². The van der Waals surface area contributed by atoms with Crippen molar-refractivity contribution in [3.63, 3.8) is 0 Å². The van der Waals surface area contributed by atoms with Crippen LogP contribution in [0.5, 0.6) is 5.75 Å². The molecule has 1 N–H and O–H groups in total. The van der Waals surface area contributed by atoms with Gasteiger partial charge in [-0.25, -0.2) is 0 Å². The van der Waals surface area contributed by atoms with Gasteiger partial charge in [0.15, 0.2) is 0 Å². The van der Waals surface area contributed by atoms with Crippen LogP contribution in [0.4, 0.5) is 5.69 Å². The van der Waals surface area contributed by atoms with Gasteiger partial charge in [-0.3, -0.25) is 4.90 Å². The third kappa shape index (κ3) is 5.33. The normalized spacial score (nSPS) is 21.3. The lowest BCUT2D eigenvalue weighted by molar-refractivity contribution is -0.0336. The van der Waals surface area contributed by atoms with Crippen molar-refractivity contribution >= 4 is 5.69 Å². The number of aliphatic hydroxyl groups excluding tert-OH is 1. The zero-order valence-electron chi connectivity index (χ0n) is 15.4. The zero-order valence-corrected chi connectivity index (χ0v) is 15.4. The van der Waals surface area contributed by atoms with Gasteiger partial charge in [0.1, 0.15) is 5.75 Å². The number of hydrogen-bond donors (Lipinski definition) is 1. The van der Waals surface area contributed by atoms with Gasteiger partial charge in [-0.05, 0) is 25.0 Å². The highest BCUT2D eigenvalue weighted by molar-refractivity contribution is 5.58. The standard InChI is InChI=1S/C20H32N2O3/c1-24-20-10-6-5-9-19(20)22-13-11-21(12-14-22)15-17(23)16-25-18-7-3-2-4-8-18/h5-6,9-10,17-18,23H,2-4,7-8,11-16H2,1H3/t17-/m1/s1. The van der Waals surface area contributed by atoms with Crippen LogP contribution in [0, 0.1) is 0 Å². The Labute approximate surface area is 151 Å². The molecule has 0 aromatic heterocycles. The van der Waals surface area contributed by atoms with Gasteiger partial charge in [0.25, 0.3) is 0 Å². The van der Waals surface area contributed by atoms with E-state index in [1.807, 2.05) is 12.1 Å². The first-order valence-corrected chi connectivity index (χ1v) is 9.66. The van der Waals surface area contributed by atoms with Crippen LogP contribution < -0.4 is 9.64 Å². The van der Waals surface area contributed by atoms with Gasteiger partial charge in [0, 0.05) is 32.7 Å². The highest BCUT2D eigenvalue weighted by Gasteiger charge is 2.22. The Morgan fingerprint density at radius 3 is 2.52 bits per heavy atom. The van der Waals surface area contributed by atoms with E-state index in [2.05, 4.69) is 21.9 Å². The Bertz CT molecular complexity index is 511. The van der Waals surface area contributed by atoms with Crippen molar-refractivity contribution in [2.45, 2.75) is 44.3 Å². The fraction of sp³-hybridized carbons (Fsp3) is 0.700. The number of methoxy groups -OCH3 is 1. The van der Waals surface area contributed by atoms with Crippen LogP contribution in [-0.2, 0) is 4.74 Å². The molecule has 0 unspecified atom stereocenters. The number of rotatable bonds is 7. The van der Waals surface area contributed by atoms with E-state index in [0.29, 0.717) is 19.3 Å². The van der Waals surface area contributed by atoms with Crippen molar-refractivity contribution in [3.8, 4) is 5.75 Å². The summed E-state index contributed by atoms with van der Waals surface area (Å²) in [4.78, 5) is 4.70. The number of benzene rings is 1. The number of para-hydroxylation sites is 2. The highest BCUT2D eigenvalue weighted by Crippen LogP contribution is 2.28. The van der Waals surface area contributed by atoms with E-state index < -0.39 is 0 Å². The third-order valence-electron chi connectivity index (χ3n) is 5.34. The number of ether oxygens (including phenoxy) is 2. The maximum atomic E-state index is 10.3. The summed E-state index contributed by atoms with van der Waals surface area (Å²) >= 11 is 0. The number of aliphatic hydroxyl groups is 1. The van der Waals surface area contributed by atoms with Crippen molar-refractivity contribution in [1.29, 1.82) is 0 Å². The monoisotopic (exact) mass is 348 g/mol. The summed E-state index contributed by atoms with van der Waals surface area (Å²) in [5, 5.41) is 10.3. The number of anilines is 1. The van der Waals surface area contributed by atoms with E-state index in [9.17, 15) is 5.11 Å². The smallest absolute Gasteiger partial charge is 0.142 e. The van der Waals surface area contributed by atoms with Crippen LogP contribution in [0.2, 0.25) is 0 Å². The summed E-state index contributed by atoms with van der Waals surface area (Å²) in [5.41, 5.74) is 1.16. The van der Waals surface area contributed by atoms with Crippen LogP contribution in [0.3, 0.4) is 0 Å². The van der Waals surface area contributed by atoms with E-state index in [0.717, 1.165) is 50.5 Å². The molecular formula is C20H32N2O3. The first-order chi connectivity index (χ1) is 12.3. The lowest BCUT2D eigenvalue weighted by Crippen LogP contribution is -2.49. The molecule has 0 spiro atoms. The molecule has 3 rings (SSSR count). The molecule has 1 aliphatic carbocycles. The predicted molar refractivity (Wildman–Crippen MR) is 100 cm³/mol. The second-order valence-corrected chi connectivity index (χ2v) is 7.21. The number of β-amino-alcohol motifs (C(OH)–C–C–N with tert-alkyl or cyclic N) is 1. The van der Waals surface area contributed by atoms with Gasteiger partial charge in [-0.2, -0.15) is 0 Å². The Morgan fingerprint density at radius 1 is 1.08 bits per heavy atom. The van der Waals surface area contributed by atoms with E-state index in [1.165, 1.54) is 19.3 Å². The number of nitrogens with zero attached hydrogens (tertiary/aromatic N) is 2. The Balaban J connectivity index is 1.40. The lowest BCUT2D eigenvalue weighted by atomic mass is 9.98. The van der Waals surface area contributed by atoms with Crippen molar-refractivity contribution in [2.75, 3.05) is 51.3 Å². The molecule has 1 saturated heterocycles. The van der Waals surface area contributed by atoms with Gasteiger partial charge in [-0.15, -0.1) is 0 Å². The molecule has 2 fully saturated rings. The van der Waals surface area contributed by atoms with Crippen molar-refractivity contribution < 1.29 is 14.6 Å². The van der Waals surface area contributed by atoms with Crippen molar-refractivity contribution in [2.24, 2.45) is 0 Å². The molecule has 0 amide bonds. The SMILES string of the molecule is COc1ccccc1N1CCN(C[C@@H](O)COC2CCCCC2)CC1. The Hall–Kier alpha value is -1.30. The summed E-state index contributed by atoms with van der Waals surface area (Å²) < 4.78 is 11.4. The van der Waals surface area contributed by atoms with Crippen molar-refractivity contribution in [1.82, 2.24) is 4.90 Å². The molecule has 1 aromatic carbocycles. The van der Waals surface area contributed by atoms with Gasteiger partial charge in [0.2, 0.25) is 0 Å². The quantitative estimate of drug-likeness (QED) is 0.820. The molecule has 1 atom stereocenters. The van der Waals surface area contributed by atoms with Crippen molar-refractivity contribution in [3.05, 3.63) is 24.3 Å². The molecule has 0 radical (unpaired) electrons. The topological polar surface area (TPSA) is 45.2 Å². The molecule has 2 aliphatic rings. The van der Waals surface area contributed by atoms with Gasteiger partial charge in [0.05, 0.1) is 31.6 Å². The minimum Gasteiger partial charge on any atom is -0.495 e. The average molecular weight is 348 g/mol. The average Bonchev–Trinajstić information content (AvgIpc) is 2.68. The highest BCUT2D eigenvalue weighted by atomic mass is 16.5. The second kappa shape index (κ2) is 9.41. The fourth-order valence-corrected chi connectivity index (χ4v) is 3.89. The summed E-state index contributed by atoms with van der Waals surface area (Å²) in [6, 6.07) is 8.17. The van der Waals surface area contributed by atoms with Crippen LogP contribution >= 0.6 is 0 Å². The van der Waals surface area contributed by atoms with E-state index >= 15 is 0 Å². The summed E-state index contributed by atoms with van der Waals surface area (Å²) in [6.45, 7) is 4.99. The van der Waals surface area contributed by atoms with Gasteiger partial charge < -0.3 is 19.5 Å². The Morgan fingerprint density at radius 2 is 1.80 bits per heavy atom. The molecule has 1 aliphatic heterocycles. The van der Waals surface area contributed by atoms with Crippen LogP contribution in [0.15, 0.2) is 24.3 Å².